The van der Waals surface area contributed by atoms with Gasteiger partial charge in [-0.2, -0.15) is 0 Å². The lowest BCUT2D eigenvalue weighted by Crippen LogP contribution is -2.15. The molecule has 0 unspecified atom stereocenters. The van der Waals surface area contributed by atoms with E-state index in [1.165, 1.54) is 36.4 Å². The number of phenolic OH excluding ortho intramolecular Hbond substituents is 2. The van der Waals surface area contributed by atoms with Gasteiger partial charge in [-0.05, 0) is 425 Å². The van der Waals surface area contributed by atoms with Crippen molar-refractivity contribution in [3.05, 3.63) is 277 Å². The van der Waals surface area contributed by atoms with E-state index in [1.54, 1.807) is 133 Å². The molecule has 9 rings (SSSR count). The van der Waals surface area contributed by atoms with Crippen LogP contribution in [-0.2, 0) is 134 Å². The summed E-state index contributed by atoms with van der Waals surface area (Å²) in [6.45, 7) is -2.20. The first-order valence-corrected chi connectivity index (χ1v) is 65.4. The monoisotopic (exact) mass is 3510 g/mol. The summed E-state index contributed by atoms with van der Waals surface area (Å²) in [5, 5.41) is 18.8. The Hall–Kier alpha value is -5.17. The minimum absolute atomic E-state index is 0.0693. The zero-order valence-corrected chi connectivity index (χ0v) is 106. The fraction of sp³-hybridized carbons (Fsp3) is 0.232. The van der Waals surface area contributed by atoms with Crippen LogP contribution in [0.5, 0.6) is 11.5 Å². The number of esters is 9. The molecule has 9 aromatic rings. The molecule has 4 N–H and O–H groups in total. The van der Waals surface area contributed by atoms with E-state index in [0.717, 1.165) is 30.6 Å². The van der Waals surface area contributed by atoms with E-state index >= 15 is 0 Å². The van der Waals surface area contributed by atoms with Crippen molar-refractivity contribution in [3.63, 3.8) is 0 Å². The smallest absolute Gasteiger partial charge is 0.341 e. The number of carbonyl (C=O) groups is 9. The Morgan fingerprint density at radius 2 is 0.500 bits per heavy atom. The fourth-order valence-electron chi connectivity index (χ4n) is 8.78. The van der Waals surface area contributed by atoms with Gasteiger partial charge in [-0.3, -0.25) is 0 Å². The number of hydrogen-bond acceptors (Lipinski definition) is 48. The van der Waals surface area contributed by atoms with Crippen molar-refractivity contribution in [1.82, 2.24) is 0 Å². The van der Waals surface area contributed by atoms with Crippen LogP contribution < -0.4 is 5.73 Å². The molecule has 0 spiro atoms. The first-order chi connectivity index (χ1) is 68.9. The highest BCUT2D eigenvalue weighted by Crippen LogP contribution is 2.25. The summed E-state index contributed by atoms with van der Waals surface area (Å²) in [5.74, 6) is -13.3. The molecule has 828 valence electrons. The van der Waals surface area contributed by atoms with E-state index in [9.17, 15) is 170 Å². The molecule has 0 amide bonds. The summed E-state index contributed by atoms with van der Waals surface area (Å²) in [5.41, 5.74) is 9.18. The predicted octanol–water partition coefficient (Wildman–Crippen LogP) is 9.45. The zero-order valence-electron chi connectivity index (χ0n) is 75.2. The fourth-order valence-corrected chi connectivity index (χ4v) is 17.7. The highest BCUT2D eigenvalue weighted by molar-refractivity contribution is 14.1. The summed E-state index contributed by atoms with van der Waals surface area (Å²) >= 11 is 22.2. The topological polar surface area (TPSA) is 818 Å². The maximum Gasteiger partial charge on any atom is 0.341 e. The predicted molar refractivity (Wildman–Crippen MR) is 614 cm³/mol. The summed E-state index contributed by atoms with van der Waals surface area (Å²) in [6, 6.07) is 48.4. The van der Waals surface area contributed by atoms with E-state index < -0.39 is 256 Å². The third kappa shape index (κ3) is 70.5. The summed E-state index contributed by atoms with van der Waals surface area (Å²) in [4.78, 5) is 103. The van der Waals surface area contributed by atoms with E-state index in [1.807, 2.05) is 177 Å². The van der Waals surface area contributed by atoms with E-state index in [2.05, 4.69) is 128 Å². The average Bonchev–Trinajstić information content (AvgIpc) is 0.856. The Balaban J connectivity index is 0.000000844. The molecule has 0 heterocycles. The van der Waals surface area contributed by atoms with Crippen molar-refractivity contribution in [3.8, 4) is 11.5 Å². The van der Waals surface area contributed by atoms with Gasteiger partial charge in [0.05, 0.1) is 182 Å². The summed E-state index contributed by atoms with van der Waals surface area (Å²) in [7, 11) is -39.2. The van der Waals surface area contributed by atoms with Crippen LogP contribution in [0.1, 0.15) is 98.8 Å². The maximum atomic E-state index is 11.6. The first-order valence-electron chi connectivity index (χ1n) is 39.3. The van der Waals surface area contributed by atoms with Gasteiger partial charge in [0, 0.05) is 45.0 Å². The molecule has 0 aromatic heterocycles. The third-order valence-corrected chi connectivity index (χ3v) is 30.2. The van der Waals surface area contributed by atoms with E-state index in [4.69, 9.17) is 10.5 Å². The average molecular weight is 3510 g/mol. The van der Waals surface area contributed by atoms with Crippen LogP contribution in [0.4, 0.5) is 5.69 Å². The largest absolute Gasteiger partial charge is 0.748 e. The number of ether oxygens (including phenoxy) is 9. The second-order valence-electron chi connectivity index (χ2n) is 27.4. The number of anilines is 1. The highest BCUT2D eigenvalue weighted by atomic mass is 127. The van der Waals surface area contributed by atoms with Crippen LogP contribution in [0, 0.1) is 46.2 Å². The van der Waals surface area contributed by atoms with Gasteiger partial charge in [-0.1, -0.05) is 18.2 Å². The molecule has 0 saturated carbocycles. The molecule has 0 aliphatic carbocycles. The number of aryl methyl sites for hydroxylation is 1. The van der Waals surface area contributed by atoms with Crippen molar-refractivity contribution in [2.45, 2.75) is 6.92 Å². The number of rotatable bonds is 36. The van der Waals surface area contributed by atoms with Crippen molar-refractivity contribution in [2.75, 3.05) is 117 Å². The number of phenols is 2. The number of carbonyl (C=O) groups excluding carboxylic acids is 9. The molecule has 0 fully saturated rings. The second kappa shape index (κ2) is 69.9. The minimum atomic E-state index is -4.41. The second-order valence-corrected chi connectivity index (χ2v) is 54.5. The normalized spacial score (nSPS) is 11.2. The molecule has 0 aliphatic rings. The minimum Gasteiger partial charge on any atom is -0.748 e. The molecule has 0 bridgehead atoms. The molecule has 0 radical (unpaired) electrons. The van der Waals surface area contributed by atoms with Crippen LogP contribution in [0.15, 0.2) is 182 Å². The molecular weight excluding hydrogens is 3440 g/mol. The Morgan fingerprint density at radius 1 is 0.227 bits per heavy atom. The summed E-state index contributed by atoms with van der Waals surface area (Å²) < 4.78 is 328. The quantitative estimate of drug-likeness (QED) is 0.0108. The van der Waals surface area contributed by atoms with Gasteiger partial charge in [0.25, 0.3) is 0 Å². The Labute approximate surface area is 1010 Å². The Morgan fingerprint density at radius 3 is 0.867 bits per heavy atom. The van der Waals surface area contributed by atoms with Gasteiger partial charge >= 0.3 is 53.7 Å². The van der Waals surface area contributed by atoms with Gasteiger partial charge in [0.1, 0.15) is 82.1 Å². The molecule has 0 atom stereocenters. The van der Waals surface area contributed by atoms with Crippen LogP contribution >= 0.6 is 248 Å². The molecule has 0 saturated heterocycles. The van der Waals surface area contributed by atoms with Gasteiger partial charge in [-0.15, -0.1) is 0 Å². The van der Waals surface area contributed by atoms with E-state index in [0.29, 0.717) is 53.3 Å². The first kappa shape index (κ1) is 143. The van der Waals surface area contributed by atoms with Gasteiger partial charge in [-0.25, -0.2) is 119 Å². The number of halogens is 11. The third-order valence-electron chi connectivity index (χ3n) is 15.6. The zero-order chi connectivity index (χ0) is 115. The summed E-state index contributed by atoms with van der Waals surface area (Å²) in [6.07, 6.45) is 0. The van der Waals surface area contributed by atoms with E-state index in [-0.39, 0.29) is 28.2 Å². The maximum absolute atomic E-state index is 11.6. The molecule has 68 heteroatoms. The van der Waals surface area contributed by atoms with Crippen LogP contribution in [0.2, 0.25) is 0 Å². The SMILES string of the molecule is Cc1cc(C(=O)OCCS(=O)(=O)[O-])ccc1I.Nc1ccc(C(=O)OCCS(=O)(=O)[O-])cc1I.O=C(OCCS(=O)(=O)[O-])c1cc(I)cc(I)c1.O=C(OCCS(=O)(=O)[O-])c1cc(I)ccc1I.O=C(OCCS(=O)(=O)[O-])c1cc(I)ccc1O.O=C(OCCS(=O)(=O)[O-])c1ccc(I)cc1.O=C(OCCS(=O)(=O)[O-])c1ccc(I)cc1O.O=C(OCCS(=O)(=O)[O-])c1cccc(I)c1.O=C(OCCS(=O)(=O)[O-])c1ccccc1I. The lowest BCUT2D eigenvalue weighted by molar-refractivity contribution is 0.0514. The molecule has 150 heavy (non-hydrogen) atoms. The van der Waals surface area contributed by atoms with Crippen LogP contribution in [-0.4, -0.2) is 292 Å². The van der Waals surface area contributed by atoms with Gasteiger partial charge < -0.3 is 99.6 Å². The number of benzene rings is 9. The molecular formula is C82H73I11NO47S9-9. The van der Waals surface area contributed by atoms with Crippen molar-refractivity contribution in [1.29, 1.82) is 0 Å². The van der Waals surface area contributed by atoms with Gasteiger partial charge in [0.2, 0.25) is 0 Å². The van der Waals surface area contributed by atoms with Gasteiger partial charge in [0.15, 0.2) is 0 Å². The number of nitrogens with two attached hydrogens (primary N) is 1. The standard InChI is InChI=1S/C10H11IO5S.2C9H8I2O5S.C9H10INO5S.2C9H9IO6S.3C9H9IO5S/c1-7-6-8(2-3-9(7)11)10(12)16-4-5-17(13,14)15;10-7-3-6(4-8(11)5-7)9(12)16-1-2-17(13,14)15;10-6-1-2-8(11)7(5-6)9(12)16-3-4-17(13,14)15;10-7-5-6(1-2-8(7)11)9(12)16-3-4-17(13,14)15;10-6-1-2-8(11)7(5-6)9(12)16-3-4-17(13,14)15;10-6-1-2-7(8(11)5-6)9(12)16-3-4-17(13,14)15;10-8-3-1-7(2-4-8)9(11)15-5-6-16(12,13)14;10-8-3-1-2-7(6-8)9(11)15-4-5-16(12,13)14;10-8-4-2-1-3-7(8)9(11)15-5-6-16(12,13)14/h2-3,6H,4-5H2,1H3,(H,13,14,15);3-5H,1-2H2,(H,13,14,15);1-2,5H,3-4H2,(H,13,14,15);1-2,5H,3-4,11H2,(H,13,14,15);2*1-2,5,11H,3-4H2,(H,13,14,15);1-4H,5-6H2,(H,12,13,14);1-3,6H,4-5H2,(H,12,13,14);1-4H,5-6H2,(H,12,13,14)/p-9. The Bertz CT molecular complexity index is 7100. The van der Waals surface area contributed by atoms with Crippen LogP contribution in [0.25, 0.3) is 0 Å². The Kier molecular flexibility index (Phi) is 66.6. The molecule has 48 nitrogen and oxygen atoms in total. The van der Waals surface area contributed by atoms with Crippen molar-refractivity contribution in [2.24, 2.45) is 0 Å². The van der Waals surface area contributed by atoms with Crippen LogP contribution in [0.3, 0.4) is 0 Å². The lowest BCUT2D eigenvalue weighted by Gasteiger charge is -2.08. The molecule has 0 aliphatic heterocycles. The number of nitrogen functional groups attached to an aromatic ring is 1. The number of aromatic hydroxyl groups is 2. The lowest BCUT2D eigenvalue weighted by atomic mass is 10.1. The van der Waals surface area contributed by atoms with Crippen molar-refractivity contribution < 1.29 is 213 Å². The highest BCUT2D eigenvalue weighted by Gasteiger charge is 2.20. The molecule has 9 aromatic carbocycles. The number of hydrogen-bond donors (Lipinski definition) is 3. The van der Waals surface area contributed by atoms with Crippen molar-refractivity contribution >= 4 is 399 Å².